The molecule has 0 spiro atoms. The molecule has 0 bridgehead atoms. The Morgan fingerprint density at radius 1 is 1.20 bits per heavy atom. The molecule has 0 aliphatic rings. The van der Waals surface area contributed by atoms with Gasteiger partial charge < -0.3 is 9.88 Å². The number of aromatic nitrogens is 1. The lowest BCUT2D eigenvalue weighted by Crippen LogP contribution is -2.30. The molecule has 0 saturated carbocycles. The van der Waals surface area contributed by atoms with Gasteiger partial charge in [-0.05, 0) is 18.6 Å². The van der Waals surface area contributed by atoms with Crippen molar-refractivity contribution in [3.63, 3.8) is 0 Å². The number of amides is 1. The molecule has 1 N–H and O–H groups in total. The van der Waals surface area contributed by atoms with Crippen LogP contribution in [0.4, 0.5) is 0 Å². The average molecular weight is 363 g/mol. The molecule has 136 valence electrons. The van der Waals surface area contributed by atoms with Crippen LogP contribution in [0.25, 0.3) is 0 Å². The van der Waals surface area contributed by atoms with E-state index in [2.05, 4.69) is 5.32 Å². The number of sulfonamides is 1. The van der Waals surface area contributed by atoms with Crippen LogP contribution in [0.1, 0.15) is 42.9 Å². The fraction of sp³-hybridized carbons (Fsp3) is 0.389. The Morgan fingerprint density at radius 3 is 2.36 bits per heavy atom. The Labute approximate surface area is 149 Å². The van der Waals surface area contributed by atoms with Crippen molar-refractivity contribution in [3.8, 4) is 0 Å². The molecule has 0 saturated heterocycles. The maximum Gasteiger partial charge on any atom is 0.268 e. The molecule has 1 aromatic heterocycles. The first-order valence-corrected chi connectivity index (χ1v) is 9.77. The molecule has 25 heavy (non-hydrogen) atoms. The Bertz CT molecular complexity index is 825. The smallest absolute Gasteiger partial charge is 0.268 e. The third kappa shape index (κ3) is 4.11. The zero-order chi connectivity index (χ0) is 18.6. The standard InChI is InChI=1S/C18H25N3O3S/c1-5-21(6-2)25(23,24)16-12-17(20(4)13-16)18(22)19-14(3)15-10-8-7-9-11-15/h7-14H,5-6H2,1-4H3,(H,19,22)/t14-/m0/s1. The summed E-state index contributed by atoms with van der Waals surface area (Å²) in [6.45, 7) is 6.25. The van der Waals surface area contributed by atoms with Gasteiger partial charge in [0.2, 0.25) is 10.0 Å². The van der Waals surface area contributed by atoms with E-state index in [4.69, 9.17) is 0 Å². The summed E-state index contributed by atoms with van der Waals surface area (Å²) in [6.07, 6.45) is 1.48. The van der Waals surface area contributed by atoms with E-state index in [0.29, 0.717) is 18.8 Å². The van der Waals surface area contributed by atoms with E-state index in [1.54, 1.807) is 25.5 Å². The van der Waals surface area contributed by atoms with Crippen molar-refractivity contribution in [2.75, 3.05) is 13.1 Å². The van der Waals surface area contributed by atoms with Gasteiger partial charge >= 0.3 is 0 Å². The number of carbonyl (C=O) groups excluding carboxylic acids is 1. The summed E-state index contributed by atoms with van der Waals surface area (Å²) >= 11 is 0. The highest BCUT2D eigenvalue weighted by molar-refractivity contribution is 7.89. The Hall–Kier alpha value is -2.12. The average Bonchev–Trinajstić information content (AvgIpc) is 2.99. The topological polar surface area (TPSA) is 71.4 Å². The van der Waals surface area contributed by atoms with Crippen molar-refractivity contribution in [3.05, 3.63) is 53.9 Å². The Morgan fingerprint density at radius 2 is 1.80 bits per heavy atom. The third-order valence-corrected chi connectivity index (χ3v) is 6.22. The van der Waals surface area contributed by atoms with Gasteiger partial charge in [-0.2, -0.15) is 4.31 Å². The summed E-state index contributed by atoms with van der Waals surface area (Å²) in [7, 11) is -1.91. The number of nitrogens with one attached hydrogen (secondary N) is 1. The van der Waals surface area contributed by atoms with Crippen molar-refractivity contribution >= 4 is 15.9 Å². The van der Waals surface area contributed by atoms with Crippen LogP contribution in [0.15, 0.2) is 47.5 Å². The van der Waals surface area contributed by atoms with Crippen LogP contribution < -0.4 is 5.32 Å². The second-order valence-corrected chi connectivity index (χ2v) is 7.81. The monoisotopic (exact) mass is 363 g/mol. The highest BCUT2D eigenvalue weighted by Crippen LogP contribution is 2.19. The SMILES string of the molecule is CCN(CC)S(=O)(=O)c1cc(C(=O)N[C@@H](C)c2ccccc2)n(C)c1. The minimum Gasteiger partial charge on any atom is -0.345 e. The largest absolute Gasteiger partial charge is 0.345 e. The van der Waals surface area contributed by atoms with Crippen molar-refractivity contribution < 1.29 is 13.2 Å². The number of benzene rings is 1. The van der Waals surface area contributed by atoms with Gasteiger partial charge in [0.15, 0.2) is 0 Å². The fourth-order valence-electron chi connectivity index (χ4n) is 2.71. The fourth-order valence-corrected chi connectivity index (χ4v) is 4.24. The molecule has 6 nitrogen and oxygen atoms in total. The van der Waals surface area contributed by atoms with Crippen LogP contribution in [-0.4, -0.2) is 36.3 Å². The van der Waals surface area contributed by atoms with Crippen LogP contribution in [0.2, 0.25) is 0 Å². The molecule has 1 aromatic carbocycles. The van der Waals surface area contributed by atoms with Gasteiger partial charge in [-0.15, -0.1) is 0 Å². The summed E-state index contributed by atoms with van der Waals surface area (Å²) in [6, 6.07) is 10.9. The molecule has 2 rings (SSSR count). The van der Waals surface area contributed by atoms with E-state index in [1.807, 2.05) is 37.3 Å². The van der Waals surface area contributed by atoms with Crippen molar-refractivity contribution in [2.24, 2.45) is 7.05 Å². The minimum absolute atomic E-state index is 0.135. The summed E-state index contributed by atoms with van der Waals surface area (Å²) < 4.78 is 28.1. The zero-order valence-corrected chi connectivity index (χ0v) is 15.9. The zero-order valence-electron chi connectivity index (χ0n) is 15.1. The number of rotatable bonds is 7. The molecule has 1 heterocycles. The summed E-state index contributed by atoms with van der Waals surface area (Å²) in [5, 5.41) is 2.91. The van der Waals surface area contributed by atoms with Crippen LogP contribution >= 0.6 is 0 Å². The second kappa shape index (κ2) is 7.84. The molecule has 0 unspecified atom stereocenters. The van der Waals surface area contributed by atoms with E-state index in [1.165, 1.54) is 16.6 Å². The lowest BCUT2D eigenvalue weighted by molar-refractivity contribution is 0.0931. The van der Waals surface area contributed by atoms with Gasteiger partial charge in [0.05, 0.1) is 6.04 Å². The highest BCUT2D eigenvalue weighted by atomic mass is 32.2. The molecule has 1 amide bonds. The number of carbonyl (C=O) groups is 1. The number of nitrogens with zero attached hydrogens (tertiary/aromatic N) is 2. The number of hydrogen-bond acceptors (Lipinski definition) is 3. The molecular formula is C18H25N3O3S. The number of hydrogen-bond donors (Lipinski definition) is 1. The number of aryl methyl sites for hydroxylation is 1. The third-order valence-electron chi connectivity index (χ3n) is 4.20. The summed E-state index contributed by atoms with van der Waals surface area (Å²) in [5.41, 5.74) is 1.30. The second-order valence-electron chi connectivity index (χ2n) is 5.87. The van der Waals surface area contributed by atoms with E-state index >= 15 is 0 Å². The van der Waals surface area contributed by atoms with Gasteiger partial charge in [0, 0.05) is 26.3 Å². The molecule has 0 aliphatic carbocycles. The summed E-state index contributed by atoms with van der Waals surface area (Å²) in [4.78, 5) is 12.7. The molecule has 0 radical (unpaired) electrons. The molecule has 1 atom stereocenters. The molecule has 0 aliphatic heterocycles. The van der Waals surface area contributed by atoms with Crippen LogP contribution in [0.3, 0.4) is 0 Å². The Balaban J connectivity index is 2.23. The van der Waals surface area contributed by atoms with Gasteiger partial charge in [-0.25, -0.2) is 8.42 Å². The summed E-state index contributed by atoms with van der Waals surface area (Å²) in [5.74, 6) is -0.306. The Kier molecular flexibility index (Phi) is 6.02. The lowest BCUT2D eigenvalue weighted by atomic mass is 10.1. The van der Waals surface area contributed by atoms with Gasteiger partial charge in [-0.3, -0.25) is 4.79 Å². The maximum absolute atomic E-state index is 12.6. The molecule has 7 heteroatoms. The van der Waals surface area contributed by atoms with Crippen molar-refractivity contribution in [2.45, 2.75) is 31.7 Å². The molecule has 2 aromatic rings. The predicted molar refractivity (Wildman–Crippen MR) is 97.8 cm³/mol. The van der Waals surface area contributed by atoms with Crippen molar-refractivity contribution in [1.29, 1.82) is 0 Å². The lowest BCUT2D eigenvalue weighted by Gasteiger charge is -2.17. The van der Waals surface area contributed by atoms with Crippen LogP contribution in [0.5, 0.6) is 0 Å². The first-order valence-electron chi connectivity index (χ1n) is 8.33. The van der Waals surface area contributed by atoms with Gasteiger partial charge in [0.25, 0.3) is 5.91 Å². The first kappa shape index (κ1) is 19.2. The normalized spacial score (nSPS) is 13.0. The maximum atomic E-state index is 12.6. The minimum atomic E-state index is -3.58. The molecule has 0 fully saturated rings. The predicted octanol–water partition coefficient (Wildman–Crippen LogP) is 2.55. The van der Waals surface area contributed by atoms with Crippen LogP contribution in [0, 0.1) is 0 Å². The van der Waals surface area contributed by atoms with Gasteiger partial charge in [0.1, 0.15) is 10.6 Å². The molecular weight excluding hydrogens is 338 g/mol. The van der Waals surface area contributed by atoms with Crippen LogP contribution in [-0.2, 0) is 17.1 Å². The first-order chi connectivity index (χ1) is 11.8. The van der Waals surface area contributed by atoms with Crippen molar-refractivity contribution in [1.82, 2.24) is 14.2 Å². The quantitative estimate of drug-likeness (QED) is 0.822. The van der Waals surface area contributed by atoms with E-state index in [0.717, 1.165) is 5.56 Å². The van der Waals surface area contributed by atoms with Gasteiger partial charge in [-0.1, -0.05) is 44.2 Å². The highest BCUT2D eigenvalue weighted by Gasteiger charge is 2.25. The van der Waals surface area contributed by atoms with E-state index in [9.17, 15) is 13.2 Å². The van der Waals surface area contributed by atoms with E-state index < -0.39 is 10.0 Å². The van der Waals surface area contributed by atoms with E-state index in [-0.39, 0.29) is 16.8 Å².